The minimum absolute atomic E-state index is 0.0521. The highest BCUT2D eigenvalue weighted by atomic mass is 16.6. The van der Waals surface area contributed by atoms with Gasteiger partial charge in [-0.25, -0.2) is 0 Å². The third kappa shape index (κ3) is 3.47. The monoisotopic (exact) mass is 254 g/mol. The van der Waals surface area contributed by atoms with E-state index >= 15 is 0 Å². The molecule has 3 heteroatoms. The van der Waals surface area contributed by atoms with E-state index < -0.39 is 0 Å². The maximum absolute atomic E-state index is 11.7. The Labute approximate surface area is 110 Å². The first-order valence-electron chi connectivity index (χ1n) is 7.15. The van der Waals surface area contributed by atoms with Crippen molar-refractivity contribution in [1.29, 1.82) is 0 Å². The number of rotatable bonds is 4. The molecule has 0 saturated heterocycles. The summed E-state index contributed by atoms with van der Waals surface area (Å²) in [6.45, 7) is 5.76. The van der Waals surface area contributed by atoms with Gasteiger partial charge in [0.25, 0.3) is 0 Å². The Hall–Kier alpha value is -0.570. The molecule has 0 spiro atoms. The SMILES string of the molecule is CO[C@H]1C2CCC(CCC(=O)OC(C)(C)C)CC21. The van der Waals surface area contributed by atoms with Crippen LogP contribution in [0.3, 0.4) is 0 Å². The van der Waals surface area contributed by atoms with Crippen LogP contribution in [0.4, 0.5) is 0 Å². The summed E-state index contributed by atoms with van der Waals surface area (Å²) < 4.78 is 10.8. The second-order valence-corrected chi connectivity index (χ2v) is 6.83. The molecule has 0 aromatic rings. The van der Waals surface area contributed by atoms with Crippen molar-refractivity contribution in [2.45, 2.75) is 64.6 Å². The fourth-order valence-corrected chi connectivity index (χ4v) is 3.35. The molecule has 2 aliphatic rings. The molecule has 0 heterocycles. The van der Waals surface area contributed by atoms with Crippen molar-refractivity contribution in [2.24, 2.45) is 17.8 Å². The first-order valence-corrected chi connectivity index (χ1v) is 7.15. The second kappa shape index (κ2) is 5.20. The summed E-state index contributed by atoms with van der Waals surface area (Å²) in [6.07, 6.45) is 5.83. The molecule has 0 N–H and O–H groups in total. The number of fused-ring (bicyclic) bond motifs is 1. The first kappa shape index (κ1) is 13.9. The van der Waals surface area contributed by atoms with Crippen molar-refractivity contribution in [1.82, 2.24) is 0 Å². The van der Waals surface area contributed by atoms with Gasteiger partial charge >= 0.3 is 5.97 Å². The van der Waals surface area contributed by atoms with Crippen molar-refractivity contribution in [3.05, 3.63) is 0 Å². The highest BCUT2D eigenvalue weighted by molar-refractivity contribution is 5.69. The van der Waals surface area contributed by atoms with Gasteiger partial charge in [-0.2, -0.15) is 0 Å². The Morgan fingerprint density at radius 2 is 1.94 bits per heavy atom. The molecule has 0 radical (unpaired) electrons. The number of carbonyl (C=O) groups is 1. The lowest BCUT2D eigenvalue weighted by atomic mass is 9.86. The van der Waals surface area contributed by atoms with Gasteiger partial charge in [0.2, 0.25) is 0 Å². The number of hydrogen-bond donors (Lipinski definition) is 0. The minimum Gasteiger partial charge on any atom is -0.460 e. The van der Waals surface area contributed by atoms with E-state index in [0.29, 0.717) is 18.4 Å². The topological polar surface area (TPSA) is 35.5 Å². The van der Waals surface area contributed by atoms with Gasteiger partial charge in [0.15, 0.2) is 0 Å². The molecule has 2 fully saturated rings. The summed E-state index contributed by atoms with van der Waals surface area (Å²) in [5.41, 5.74) is -0.355. The first-order chi connectivity index (χ1) is 8.40. The standard InChI is InChI=1S/C15H26O3/c1-15(2,3)18-13(16)8-6-10-5-7-11-12(9-10)14(11)17-4/h10-12,14H,5-9H2,1-4H3/t10?,11?,12?,14-/m0/s1. The van der Waals surface area contributed by atoms with E-state index in [4.69, 9.17) is 9.47 Å². The van der Waals surface area contributed by atoms with E-state index in [1.54, 1.807) is 0 Å². The van der Waals surface area contributed by atoms with Crippen LogP contribution >= 0.6 is 0 Å². The average Bonchev–Trinajstić information content (AvgIpc) is 2.96. The lowest BCUT2D eigenvalue weighted by Gasteiger charge is -2.22. The molecule has 0 aliphatic heterocycles. The molecule has 3 unspecified atom stereocenters. The van der Waals surface area contributed by atoms with Crippen LogP contribution in [0.25, 0.3) is 0 Å². The molecular formula is C15H26O3. The average molecular weight is 254 g/mol. The van der Waals surface area contributed by atoms with Gasteiger partial charge in [-0.3, -0.25) is 4.79 Å². The van der Waals surface area contributed by atoms with E-state index in [9.17, 15) is 4.79 Å². The van der Waals surface area contributed by atoms with Crippen molar-refractivity contribution >= 4 is 5.97 Å². The number of ether oxygens (including phenoxy) is 2. The zero-order chi connectivity index (χ0) is 13.3. The van der Waals surface area contributed by atoms with Gasteiger partial charge in [-0.15, -0.1) is 0 Å². The van der Waals surface area contributed by atoms with Gasteiger partial charge < -0.3 is 9.47 Å². The molecule has 104 valence electrons. The lowest BCUT2D eigenvalue weighted by Crippen LogP contribution is -2.24. The maximum Gasteiger partial charge on any atom is 0.306 e. The highest BCUT2D eigenvalue weighted by Crippen LogP contribution is 2.53. The zero-order valence-corrected chi connectivity index (χ0v) is 12.1. The van der Waals surface area contributed by atoms with E-state index in [1.165, 1.54) is 19.3 Å². The van der Waals surface area contributed by atoms with Gasteiger partial charge in [0.1, 0.15) is 5.60 Å². The predicted octanol–water partition coefficient (Wildman–Crippen LogP) is 3.17. The molecule has 0 aromatic carbocycles. The van der Waals surface area contributed by atoms with Crippen LogP contribution < -0.4 is 0 Å². The second-order valence-electron chi connectivity index (χ2n) is 6.83. The number of esters is 1. The third-order valence-electron chi connectivity index (χ3n) is 4.22. The third-order valence-corrected chi connectivity index (χ3v) is 4.22. The smallest absolute Gasteiger partial charge is 0.306 e. The zero-order valence-electron chi connectivity index (χ0n) is 12.1. The number of hydrogen-bond acceptors (Lipinski definition) is 3. The largest absolute Gasteiger partial charge is 0.460 e. The summed E-state index contributed by atoms with van der Waals surface area (Å²) >= 11 is 0. The Morgan fingerprint density at radius 3 is 2.56 bits per heavy atom. The van der Waals surface area contributed by atoms with Crippen LogP contribution in [0, 0.1) is 17.8 Å². The summed E-state index contributed by atoms with van der Waals surface area (Å²) in [4.78, 5) is 11.7. The lowest BCUT2D eigenvalue weighted by molar-refractivity contribution is -0.155. The fourth-order valence-electron chi connectivity index (χ4n) is 3.35. The van der Waals surface area contributed by atoms with E-state index in [1.807, 2.05) is 27.9 Å². The predicted molar refractivity (Wildman–Crippen MR) is 70.2 cm³/mol. The molecule has 2 aliphatic carbocycles. The number of carbonyl (C=O) groups excluding carboxylic acids is 1. The van der Waals surface area contributed by atoms with Gasteiger partial charge in [0.05, 0.1) is 6.10 Å². The summed E-state index contributed by atoms with van der Waals surface area (Å²) in [5, 5.41) is 0. The van der Waals surface area contributed by atoms with Crippen molar-refractivity contribution < 1.29 is 14.3 Å². The molecule has 2 saturated carbocycles. The molecule has 0 bridgehead atoms. The molecule has 4 atom stereocenters. The van der Waals surface area contributed by atoms with Gasteiger partial charge in [0, 0.05) is 13.5 Å². The van der Waals surface area contributed by atoms with Gasteiger partial charge in [-0.1, -0.05) is 6.42 Å². The molecule has 2 rings (SSSR count). The highest BCUT2D eigenvalue weighted by Gasteiger charge is 2.53. The van der Waals surface area contributed by atoms with Crippen LogP contribution in [-0.2, 0) is 14.3 Å². The normalized spacial score (nSPS) is 34.9. The van der Waals surface area contributed by atoms with Crippen LogP contribution in [0.1, 0.15) is 52.9 Å². The van der Waals surface area contributed by atoms with Crippen LogP contribution in [0.5, 0.6) is 0 Å². The maximum atomic E-state index is 11.7. The Morgan fingerprint density at radius 1 is 1.22 bits per heavy atom. The Bertz CT molecular complexity index is 301. The number of methoxy groups -OCH3 is 1. The van der Waals surface area contributed by atoms with Crippen molar-refractivity contribution in [2.75, 3.05) is 7.11 Å². The summed E-state index contributed by atoms with van der Waals surface area (Å²) in [6, 6.07) is 0. The quantitative estimate of drug-likeness (QED) is 0.723. The van der Waals surface area contributed by atoms with E-state index in [-0.39, 0.29) is 11.6 Å². The Kier molecular flexibility index (Phi) is 4.00. The molecule has 0 amide bonds. The molecule has 3 nitrogen and oxygen atoms in total. The molecular weight excluding hydrogens is 228 g/mol. The van der Waals surface area contributed by atoms with Crippen LogP contribution in [0.15, 0.2) is 0 Å². The molecule has 18 heavy (non-hydrogen) atoms. The van der Waals surface area contributed by atoms with Gasteiger partial charge in [-0.05, 0) is 57.8 Å². The molecule has 0 aromatic heterocycles. The summed E-state index contributed by atoms with van der Waals surface area (Å²) in [5.74, 6) is 2.22. The van der Waals surface area contributed by atoms with Crippen molar-refractivity contribution in [3.63, 3.8) is 0 Å². The van der Waals surface area contributed by atoms with E-state index in [0.717, 1.165) is 18.3 Å². The Balaban J connectivity index is 1.67. The van der Waals surface area contributed by atoms with Crippen LogP contribution in [0.2, 0.25) is 0 Å². The minimum atomic E-state index is -0.355. The van der Waals surface area contributed by atoms with Crippen molar-refractivity contribution in [3.8, 4) is 0 Å². The van der Waals surface area contributed by atoms with E-state index in [2.05, 4.69) is 0 Å². The fraction of sp³-hybridized carbons (Fsp3) is 0.933. The van der Waals surface area contributed by atoms with Crippen LogP contribution in [-0.4, -0.2) is 24.8 Å². The summed E-state index contributed by atoms with van der Waals surface area (Å²) in [7, 11) is 1.82.